The van der Waals surface area contributed by atoms with E-state index < -0.39 is 0 Å². The predicted molar refractivity (Wildman–Crippen MR) is 58.1 cm³/mol. The molecule has 1 aliphatic heterocycles. The van der Waals surface area contributed by atoms with Gasteiger partial charge in [-0.3, -0.25) is 9.69 Å². The van der Waals surface area contributed by atoms with Gasteiger partial charge in [0, 0.05) is 18.6 Å². The second kappa shape index (κ2) is 5.15. The highest BCUT2D eigenvalue weighted by Crippen LogP contribution is 2.12. The Hall–Kier alpha value is -0.830. The lowest BCUT2D eigenvalue weighted by Gasteiger charge is -2.35. The second-order valence-electron chi connectivity index (χ2n) is 4.14. The molecule has 0 unspecified atom stereocenters. The van der Waals surface area contributed by atoms with Crippen LogP contribution >= 0.6 is 0 Å². The lowest BCUT2D eigenvalue weighted by Crippen LogP contribution is -2.49. The molecule has 14 heavy (non-hydrogen) atoms. The van der Waals surface area contributed by atoms with E-state index in [4.69, 9.17) is 0 Å². The molecule has 3 heteroatoms. The van der Waals surface area contributed by atoms with E-state index >= 15 is 0 Å². The van der Waals surface area contributed by atoms with Crippen LogP contribution in [0.1, 0.15) is 26.7 Å². The molecule has 1 N–H and O–H groups in total. The number of nitrogens with one attached hydrogen (secondary N) is 1. The number of carbonyl (C=O) groups is 1. The minimum atomic E-state index is -0.0550. The van der Waals surface area contributed by atoms with E-state index in [0.717, 1.165) is 19.5 Å². The van der Waals surface area contributed by atoms with Crippen LogP contribution in [0.2, 0.25) is 0 Å². The third-order valence-electron chi connectivity index (χ3n) is 2.71. The van der Waals surface area contributed by atoms with Crippen molar-refractivity contribution in [2.75, 3.05) is 13.1 Å². The van der Waals surface area contributed by atoms with Crippen molar-refractivity contribution in [1.29, 1.82) is 0 Å². The molecule has 0 aromatic rings. The van der Waals surface area contributed by atoms with E-state index in [9.17, 15) is 4.79 Å². The molecule has 0 aromatic heterocycles. The molecular formula is C11H20N2O. The van der Waals surface area contributed by atoms with Crippen LogP contribution in [0.3, 0.4) is 0 Å². The minimum absolute atomic E-state index is 0.0550. The largest absolute Gasteiger partial charge is 0.349 e. The van der Waals surface area contributed by atoms with Crippen LogP contribution in [0.4, 0.5) is 0 Å². The molecule has 1 amide bonds. The number of piperidine rings is 1. The summed E-state index contributed by atoms with van der Waals surface area (Å²) in [4.78, 5) is 13.5. The number of hydrogen-bond acceptors (Lipinski definition) is 2. The lowest BCUT2D eigenvalue weighted by atomic mass is 10.0. The van der Waals surface area contributed by atoms with E-state index in [1.807, 2.05) is 0 Å². The first-order valence-electron chi connectivity index (χ1n) is 5.30. The fourth-order valence-corrected chi connectivity index (χ4v) is 1.85. The Morgan fingerprint density at radius 2 is 2.36 bits per heavy atom. The van der Waals surface area contributed by atoms with E-state index in [1.54, 1.807) is 0 Å². The molecule has 0 radical (unpaired) electrons. The highest BCUT2D eigenvalue weighted by atomic mass is 16.1. The maximum absolute atomic E-state index is 11.1. The van der Waals surface area contributed by atoms with Crippen LogP contribution in [-0.2, 0) is 4.79 Å². The Labute approximate surface area is 86.2 Å². The normalized spacial score (nSPS) is 23.5. The molecule has 1 rings (SSSR count). The van der Waals surface area contributed by atoms with Gasteiger partial charge in [-0.15, -0.1) is 0 Å². The van der Waals surface area contributed by atoms with Crippen LogP contribution in [0.5, 0.6) is 0 Å². The van der Waals surface area contributed by atoms with Gasteiger partial charge in [-0.2, -0.15) is 0 Å². The Morgan fingerprint density at radius 1 is 1.64 bits per heavy atom. The summed E-state index contributed by atoms with van der Waals surface area (Å²) in [5, 5.41) is 2.95. The van der Waals surface area contributed by atoms with Gasteiger partial charge >= 0.3 is 0 Å². The van der Waals surface area contributed by atoms with Crippen LogP contribution in [0, 0.1) is 0 Å². The van der Waals surface area contributed by atoms with Gasteiger partial charge in [0.2, 0.25) is 5.91 Å². The van der Waals surface area contributed by atoms with Gasteiger partial charge in [-0.25, -0.2) is 0 Å². The van der Waals surface area contributed by atoms with Gasteiger partial charge < -0.3 is 5.32 Å². The topological polar surface area (TPSA) is 32.3 Å². The molecule has 0 saturated carbocycles. The van der Waals surface area contributed by atoms with Crippen molar-refractivity contribution in [2.24, 2.45) is 0 Å². The molecule has 1 fully saturated rings. The molecule has 0 bridgehead atoms. The average Bonchev–Trinajstić information content (AvgIpc) is 2.18. The van der Waals surface area contributed by atoms with Crippen molar-refractivity contribution < 1.29 is 4.79 Å². The van der Waals surface area contributed by atoms with Crippen molar-refractivity contribution in [3.05, 3.63) is 12.7 Å². The Bertz CT molecular complexity index is 213. The maximum Gasteiger partial charge on any atom is 0.243 e. The summed E-state index contributed by atoms with van der Waals surface area (Å²) in [6.45, 7) is 9.96. The summed E-state index contributed by atoms with van der Waals surface area (Å²) < 4.78 is 0. The number of likely N-dealkylation sites (tertiary alicyclic amines) is 1. The van der Waals surface area contributed by atoms with Crippen molar-refractivity contribution in [3.63, 3.8) is 0 Å². The lowest BCUT2D eigenvalue weighted by molar-refractivity contribution is -0.117. The first kappa shape index (κ1) is 11.2. The Morgan fingerprint density at radius 3 is 2.93 bits per heavy atom. The molecule has 80 valence electrons. The van der Waals surface area contributed by atoms with E-state index in [2.05, 4.69) is 30.6 Å². The SMILES string of the molecule is C=CC(=O)N[C@H]1CCCN(C(C)C)C1. The fraction of sp³-hybridized carbons (Fsp3) is 0.727. The van der Waals surface area contributed by atoms with Crippen molar-refractivity contribution in [3.8, 4) is 0 Å². The van der Waals surface area contributed by atoms with E-state index in [-0.39, 0.29) is 5.91 Å². The molecule has 1 heterocycles. The number of nitrogens with zero attached hydrogens (tertiary/aromatic N) is 1. The monoisotopic (exact) mass is 196 g/mol. The summed E-state index contributed by atoms with van der Waals surface area (Å²) in [6, 6.07) is 0.870. The predicted octanol–water partition coefficient (Wildman–Crippen LogP) is 1.16. The molecular weight excluding hydrogens is 176 g/mol. The summed E-state index contributed by atoms with van der Waals surface area (Å²) in [5.41, 5.74) is 0. The Kier molecular flexibility index (Phi) is 4.14. The summed E-state index contributed by atoms with van der Waals surface area (Å²) in [6.07, 6.45) is 3.59. The van der Waals surface area contributed by atoms with Crippen LogP contribution < -0.4 is 5.32 Å². The zero-order valence-electron chi connectivity index (χ0n) is 9.12. The number of carbonyl (C=O) groups excluding carboxylic acids is 1. The standard InChI is InChI=1S/C11H20N2O/c1-4-11(14)12-10-6-5-7-13(8-10)9(2)3/h4,9-10H,1,5-8H2,2-3H3,(H,12,14)/t10-/m0/s1. The zero-order chi connectivity index (χ0) is 10.6. The summed E-state index contributed by atoms with van der Waals surface area (Å²) in [7, 11) is 0. The zero-order valence-corrected chi connectivity index (χ0v) is 9.12. The highest BCUT2D eigenvalue weighted by Gasteiger charge is 2.21. The Balaban J connectivity index is 2.39. The molecule has 0 aliphatic carbocycles. The quantitative estimate of drug-likeness (QED) is 0.687. The second-order valence-corrected chi connectivity index (χ2v) is 4.14. The summed E-state index contributed by atoms with van der Waals surface area (Å²) in [5.74, 6) is -0.0550. The van der Waals surface area contributed by atoms with Gasteiger partial charge in [-0.05, 0) is 39.3 Å². The van der Waals surface area contributed by atoms with Crippen molar-refractivity contribution >= 4 is 5.91 Å². The smallest absolute Gasteiger partial charge is 0.243 e. The van der Waals surface area contributed by atoms with E-state index in [1.165, 1.54) is 12.5 Å². The van der Waals surface area contributed by atoms with Crippen LogP contribution in [0.25, 0.3) is 0 Å². The van der Waals surface area contributed by atoms with Crippen LogP contribution in [-0.4, -0.2) is 36.0 Å². The van der Waals surface area contributed by atoms with Gasteiger partial charge in [0.1, 0.15) is 0 Å². The van der Waals surface area contributed by atoms with Crippen molar-refractivity contribution in [2.45, 2.75) is 38.8 Å². The minimum Gasteiger partial charge on any atom is -0.349 e. The first-order chi connectivity index (χ1) is 6.63. The number of rotatable bonds is 3. The summed E-state index contributed by atoms with van der Waals surface area (Å²) >= 11 is 0. The first-order valence-corrected chi connectivity index (χ1v) is 5.30. The number of hydrogen-bond donors (Lipinski definition) is 1. The molecule has 1 aliphatic rings. The molecule has 0 spiro atoms. The van der Waals surface area contributed by atoms with Crippen LogP contribution in [0.15, 0.2) is 12.7 Å². The maximum atomic E-state index is 11.1. The fourth-order valence-electron chi connectivity index (χ4n) is 1.85. The highest BCUT2D eigenvalue weighted by molar-refractivity contribution is 5.87. The third kappa shape index (κ3) is 3.14. The third-order valence-corrected chi connectivity index (χ3v) is 2.71. The van der Waals surface area contributed by atoms with Gasteiger partial charge in [0.15, 0.2) is 0 Å². The molecule has 1 saturated heterocycles. The van der Waals surface area contributed by atoms with E-state index in [0.29, 0.717) is 12.1 Å². The van der Waals surface area contributed by atoms with Gasteiger partial charge in [0.05, 0.1) is 0 Å². The van der Waals surface area contributed by atoms with Gasteiger partial charge in [-0.1, -0.05) is 6.58 Å². The molecule has 1 atom stereocenters. The van der Waals surface area contributed by atoms with Crippen molar-refractivity contribution in [1.82, 2.24) is 10.2 Å². The molecule has 3 nitrogen and oxygen atoms in total. The number of amides is 1. The van der Waals surface area contributed by atoms with Gasteiger partial charge in [0.25, 0.3) is 0 Å². The average molecular weight is 196 g/mol. The molecule has 0 aromatic carbocycles.